The summed E-state index contributed by atoms with van der Waals surface area (Å²) in [5.74, 6) is -0.0910. The Morgan fingerprint density at radius 1 is 1.13 bits per heavy atom. The Hall–Kier alpha value is -3.68. The lowest BCUT2D eigenvalue weighted by molar-refractivity contribution is -0.0335. The average molecular weight is 546 g/mol. The molecule has 8 heteroatoms. The number of hydrogen-bond acceptors (Lipinski definition) is 5. The van der Waals surface area contributed by atoms with Crippen molar-refractivity contribution in [3.63, 3.8) is 0 Å². The predicted molar refractivity (Wildman–Crippen MR) is 151 cm³/mol. The smallest absolute Gasteiger partial charge is 0.410 e. The molecule has 1 aromatic heterocycles. The second-order valence-electron chi connectivity index (χ2n) is 10.2. The normalized spacial score (nSPS) is 17.8. The van der Waals surface area contributed by atoms with Gasteiger partial charge in [0, 0.05) is 47.7 Å². The summed E-state index contributed by atoms with van der Waals surface area (Å²) in [5.41, 5.74) is 5.21. The molecule has 0 radical (unpaired) electrons. The zero-order valence-corrected chi connectivity index (χ0v) is 22.4. The van der Waals surface area contributed by atoms with E-state index in [0.717, 1.165) is 38.8 Å². The second kappa shape index (κ2) is 10.8. The van der Waals surface area contributed by atoms with E-state index in [4.69, 9.17) is 21.1 Å². The maximum atomic E-state index is 14.4. The van der Waals surface area contributed by atoms with Gasteiger partial charge in [-0.15, -0.1) is 0 Å². The molecule has 0 aliphatic carbocycles. The summed E-state index contributed by atoms with van der Waals surface area (Å²) in [7, 11) is 0. The first-order valence-corrected chi connectivity index (χ1v) is 13.5. The minimum absolute atomic E-state index is 0.0881. The molecule has 3 aromatic carbocycles. The Balaban J connectivity index is 1.25. The van der Waals surface area contributed by atoms with Crippen molar-refractivity contribution in [2.24, 2.45) is 5.92 Å². The van der Waals surface area contributed by atoms with E-state index in [1.165, 1.54) is 6.07 Å². The van der Waals surface area contributed by atoms with Crippen LogP contribution < -0.4 is 4.90 Å². The number of aromatic nitrogens is 1. The Morgan fingerprint density at radius 3 is 2.74 bits per heavy atom. The minimum atomic E-state index is -0.317. The van der Waals surface area contributed by atoms with Crippen LogP contribution in [0.2, 0.25) is 5.02 Å². The topological polar surface area (TPSA) is 54.9 Å². The third kappa shape index (κ3) is 5.29. The summed E-state index contributed by atoms with van der Waals surface area (Å²) in [6.45, 7) is 5.00. The summed E-state index contributed by atoms with van der Waals surface area (Å²) in [6.07, 6.45) is 1.49. The van der Waals surface area contributed by atoms with Gasteiger partial charge in [0.05, 0.1) is 30.5 Å². The Morgan fingerprint density at radius 2 is 1.95 bits per heavy atom. The van der Waals surface area contributed by atoms with Gasteiger partial charge in [0.15, 0.2) is 0 Å². The van der Waals surface area contributed by atoms with E-state index in [1.807, 2.05) is 72.6 Å². The van der Waals surface area contributed by atoms with Gasteiger partial charge in [-0.2, -0.15) is 0 Å². The quantitative estimate of drug-likeness (QED) is 0.287. The van der Waals surface area contributed by atoms with Crippen LogP contribution in [0, 0.1) is 18.7 Å². The van der Waals surface area contributed by atoms with E-state index in [0.29, 0.717) is 37.9 Å². The number of carbonyl (C=O) groups excluding carboxylic acids is 1. The molecule has 2 saturated heterocycles. The van der Waals surface area contributed by atoms with Crippen LogP contribution >= 0.6 is 11.6 Å². The number of morpholine rings is 1. The third-order valence-corrected chi connectivity index (χ3v) is 7.77. The van der Waals surface area contributed by atoms with Crippen LogP contribution in [0.1, 0.15) is 11.1 Å². The molecular weight excluding hydrogens is 517 g/mol. The van der Waals surface area contributed by atoms with Crippen LogP contribution in [-0.4, -0.2) is 54.9 Å². The van der Waals surface area contributed by atoms with E-state index in [-0.39, 0.29) is 30.5 Å². The van der Waals surface area contributed by atoms with Gasteiger partial charge in [0.25, 0.3) is 0 Å². The van der Waals surface area contributed by atoms with Crippen LogP contribution in [0.3, 0.4) is 0 Å². The summed E-state index contributed by atoms with van der Waals surface area (Å²) in [5, 5.41) is 1.53. The molecular formula is C31H29ClFN3O3. The first-order chi connectivity index (χ1) is 19.0. The number of ether oxygens (including phenoxy) is 2. The number of halogens is 2. The van der Waals surface area contributed by atoms with Crippen molar-refractivity contribution in [1.82, 2.24) is 9.88 Å². The largest absolute Gasteiger partial charge is 0.445 e. The fourth-order valence-electron chi connectivity index (χ4n) is 5.58. The lowest BCUT2D eigenvalue weighted by Crippen LogP contribution is -2.61. The molecule has 1 atom stereocenters. The predicted octanol–water partition coefficient (Wildman–Crippen LogP) is 6.48. The van der Waals surface area contributed by atoms with Gasteiger partial charge in [-0.3, -0.25) is 4.98 Å². The van der Waals surface area contributed by atoms with Crippen molar-refractivity contribution >= 4 is 34.3 Å². The number of pyridine rings is 1. The maximum absolute atomic E-state index is 14.4. The number of aryl methyl sites for hydroxylation is 1. The monoisotopic (exact) mass is 545 g/mol. The standard InChI is InChI=1S/C31H29ClFN3O3/c1-20-11-22(13-25(33)12-20)27-15-34-28-8-7-24(32)14-26(28)30(27)35-16-23(17-35)29-19-38-10-9-36(29)31(37)39-18-21-5-3-2-4-6-21/h2-8,11-15,23,29H,9-10,16-19H2,1H3. The molecule has 6 rings (SSSR count). The number of amides is 1. The fraction of sp³-hybridized carbons (Fsp3) is 0.290. The molecule has 1 unspecified atom stereocenters. The van der Waals surface area contributed by atoms with Crippen molar-refractivity contribution in [3.8, 4) is 11.1 Å². The van der Waals surface area contributed by atoms with Gasteiger partial charge in [0.1, 0.15) is 12.4 Å². The maximum Gasteiger partial charge on any atom is 0.410 e. The molecule has 0 bridgehead atoms. The first kappa shape index (κ1) is 25.6. The number of carbonyl (C=O) groups is 1. The lowest BCUT2D eigenvalue weighted by Gasteiger charge is -2.49. The van der Waals surface area contributed by atoms with Gasteiger partial charge in [-0.1, -0.05) is 48.0 Å². The molecule has 1 amide bonds. The number of benzene rings is 3. The van der Waals surface area contributed by atoms with E-state index in [9.17, 15) is 9.18 Å². The van der Waals surface area contributed by atoms with Crippen LogP contribution in [0.15, 0.2) is 72.9 Å². The molecule has 200 valence electrons. The number of rotatable bonds is 5. The second-order valence-corrected chi connectivity index (χ2v) is 10.7. The van der Waals surface area contributed by atoms with Crippen LogP contribution in [-0.2, 0) is 16.1 Å². The zero-order chi connectivity index (χ0) is 26.9. The molecule has 2 fully saturated rings. The molecule has 0 saturated carbocycles. The van der Waals surface area contributed by atoms with Crippen LogP contribution in [0.4, 0.5) is 14.9 Å². The van der Waals surface area contributed by atoms with Crippen molar-refractivity contribution in [3.05, 3.63) is 94.9 Å². The van der Waals surface area contributed by atoms with Crippen molar-refractivity contribution in [2.75, 3.05) is 37.7 Å². The van der Waals surface area contributed by atoms with Gasteiger partial charge in [-0.25, -0.2) is 9.18 Å². The highest BCUT2D eigenvalue weighted by atomic mass is 35.5. The highest BCUT2D eigenvalue weighted by Crippen LogP contribution is 2.42. The van der Waals surface area contributed by atoms with Crippen LogP contribution in [0.25, 0.3) is 22.0 Å². The van der Waals surface area contributed by atoms with E-state index < -0.39 is 0 Å². The molecule has 6 nitrogen and oxygen atoms in total. The average Bonchev–Trinajstić information content (AvgIpc) is 2.91. The molecule has 0 spiro atoms. The summed E-state index contributed by atoms with van der Waals surface area (Å²) in [4.78, 5) is 21.8. The molecule has 0 N–H and O–H groups in total. The summed E-state index contributed by atoms with van der Waals surface area (Å²) in [6, 6.07) is 20.3. The van der Waals surface area contributed by atoms with Crippen molar-refractivity contribution in [1.29, 1.82) is 0 Å². The number of fused-ring (bicyclic) bond motifs is 1. The summed E-state index contributed by atoms with van der Waals surface area (Å²) < 4.78 is 25.8. The van der Waals surface area contributed by atoms with E-state index in [1.54, 1.807) is 6.07 Å². The van der Waals surface area contributed by atoms with Gasteiger partial charge in [-0.05, 0) is 53.9 Å². The molecule has 2 aliphatic heterocycles. The zero-order valence-electron chi connectivity index (χ0n) is 21.6. The Kier molecular flexibility index (Phi) is 7.11. The van der Waals surface area contributed by atoms with Gasteiger partial charge in [0.2, 0.25) is 0 Å². The molecule has 2 aliphatic rings. The Labute approximate surface area is 231 Å². The fourth-order valence-corrected chi connectivity index (χ4v) is 5.75. The van der Waals surface area contributed by atoms with Crippen LogP contribution in [0.5, 0.6) is 0 Å². The van der Waals surface area contributed by atoms with E-state index >= 15 is 0 Å². The van der Waals surface area contributed by atoms with Gasteiger partial charge < -0.3 is 19.3 Å². The Bertz CT molecular complexity index is 1490. The highest BCUT2D eigenvalue weighted by molar-refractivity contribution is 6.31. The lowest BCUT2D eigenvalue weighted by atomic mass is 9.88. The minimum Gasteiger partial charge on any atom is -0.445 e. The van der Waals surface area contributed by atoms with Crippen molar-refractivity contribution < 1.29 is 18.7 Å². The number of anilines is 1. The summed E-state index contributed by atoms with van der Waals surface area (Å²) >= 11 is 6.40. The van der Waals surface area contributed by atoms with E-state index in [2.05, 4.69) is 9.88 Å². The molecule has 3 heterocycles. The highest BCUT2D eigenvalue weighted by Gasteiger charge is 2.42. The number of nitrogens with zero attached hydrogens (tertiary/aromatic N) is 3. The third-order valence-electron chi connectivity index (χ3n) is 7.53. The van der Waals surface area contributed by atoms with Crippen molar-refractivity contribution in [2.45, 2.75) is 19.6 Å². The SMILES string of the molecule is Cc1cc(F)cc(-c2cnc3ccc(Cl)cc3c2N2CC(C3COCCN3C(=O)OCc3ccccc3)C2)c1. The molecule has 4 aromatic rings. The first-order valence-electron chi connectivity index (χ1n) is 13.1. The molecule has 39 heavy (non-hydrogen) atoms. The number of hydrogen-bond donors (Lipinski definition) is 0. The van der Waals surface area contributed by atoms with Gasteiger partial charge >= 0.3 is 6.09 Å².